The maximum atomic E-state index is 11.9. The summed E-state index contributed by atoms with van der Waals surface area (Å²) in [6.45, 7) is -0.899. The summed E-state index contributed by atoms with van der Waals surface area (Å²) < 4.78 is 27.9. The maximum absolute atomic E-state index is 11.9. The molecule has 0 aromatic heterocycles. The second-order valence-corrected chi connectivity index (χ2v) is 3.40. The van der Waals surface area contributed by atoms with Crippen LogP contribution in [0.5, 0.6) is 5.75 Å². The van der Waals surface area contributed by atoms with Gasteiger partial charge >= 0.3 is 6.61 Å². The fourth-order valence-electron chi connectivity index (χ4n) is 1.16. The van der Waals surface area contributed by atoms with E-state index in [9.17, 15) is 13.6 Å². The molecule has 0 unspecified atom stereocenters. The molecule has 1 amide bonds. The van der Waals surface area contributed by atoms with E-state index in [4.69, 9.17) is 0 Å². The Kier molecular flexibility index (Phi) is 4.22. The van der Waals surface area contributed by atoms with Crippen LogP contribution in [0.2, 0.25) is 0 Å². The van der Waals surface area contributed by atoms with Crippen molar-refractivity contribution in [3.8, 4) is 5.75 Å². The van der Waals surface area contributed by atoms with Gasteiger partial charge in [0.25, 0.3) is 0 Å². The highest BCUT2D eigenvalue weighted by Gasteiger charge is 2.05. The number of amides is 1. The molecule has 0 radical (unpaired) electrons. The topological polar surface area (TPSA) is 29.5 Å². The quantitative estimate of drug-likeness (QED) is 0.792. The summed E-state index contributed by atoms with van der Waals surface area (Å²) in [6, 6.07) is 6.21. The lowest BCUT2D eigenvalue weighted by molar-refractivity contribution is -0.128. The van der Waals surface area contributed by atoms with Gasteiger partial charge in [-0.1, -0.05) is 12.1 Å². The predicted molar refractivity (Wildman–Crippen MR) is 55.2 cm³/mol. The van der Waals surface area contributed by atoms with Crippen molar-refractivity contribution >= 4 is 5.91 Å². The smallest absolute Gasteiger partial charge is 0.387 e. The molecule has 16 heavy (non-hydrogen) atoms. The van der Waals surface area contributed by atoms with Gasteiger partial charge in [0.1, 0.15) is 5.75 Å². The molecule has 0 saturated carbocycles. The van der Waals surface area contributed by atoms with Crippen LogP contribution >= 0.6 is 0 Å². The van der Waals surface area contributed by atoms with E-state index < -0.39 is 6.61 Å². The molecule has 1 aromatic rings. The molecule has 0 aliphatic rings. The minimum atomic E-state index is -2.81. The Bertz CT molecular complexity index is 352. The average Bonchev–Trinajstić information content (AvgIpc) is 2.20. The Hall–Kier alpha value is -1.65. The van der Waals surface area contributed by atoms with Gasteiger partial charge in [0, 0.05) is 20.5 Å². The number of nitrogens with zero attached hydrogens (tertiary/aromatic N) is 1. The van der Waals surface area contributed by atoms with E-state index in [1.807, 2.05) is 0 Å². The minimum Gasteiger partial charge on any atom is -0.435 e. The van der Waals surface area contributed by atoms with Crippen LogP contribution in [0.25, 0.3) is 0 Å². The second-order valence-electron chi connectivity index (χ2n) is 3.40. The zero-order chi connectivity index (χ0) is 12.1. The van der Waals surface area contributed by atoms with Crippen molar-refractivity contribution in [3.05, 3.63) is 29.8 Å². The summed E-state index contributed by atoms with van der Waals surface area (Å²) in [4.78, 5) is 12.5. The van der Waals surface area contributed by atoms with Gasteiger partial charge in [-0.3, -0.25) is 4.79 Å². The highest BCUT2D eigenvalue weighted by atomic mass is 19.3. The van der Waals surface area contributed by atoms with Crippen LogP contribution in [0.15, 0.2) is 24.3 Å². The Morgan fingerprint density at radius 3 is 2.38 bits per heavy atom. The van der Waals surface area contributed by atoms with E-state index in [-0.39, 0.29) is 11.7 Å². The monoisotopic (exact) mass is 229 g/mol. The summed E-state index contributed by atoms with van der Waals surface area (Å²) in [6.07, 6.45) is 0. The highest BCUT2D eigenvalue weighted by molar-refractivity contribution is 5.72. The Labute approximate surface area is 92.6 Å². The first-order chi connectivity index (χ1) is 7.49. The summed E-state index contributed by atoms with van der Waals surface area (Å²) in [5.41, 5.74) is 0.860. The third-order valence-corrected chi connectivity index (χ3v) is 2.11. The fraction of sp³-hybridized carbons (Fsp3) is 0.364. The zero-order valence-electron chi connectivity index (χ0n) is 9.11. The lowest BCUT2D eigenvalue weighted by Crippen LogP contribution is -2.22. The number of rotatable bonds is 4. The summed E-state index contributed by atoms with van der Waals surface area (Å²) in [5, 5.41) is 0. The molecule has 5 heteroatoms. The molecule has 0 saturated heterocycles. The van der Waals surface area contributed by atoms with Crippen molar-refractivity contribution in [2.24, 2.45) is 0 Å². The van der Waals surface area contributed by atoms with E-state index in [1.165, 1.54) is 24.0 Å². The molecule has 0 N–H and O–H groups in total. The van der Waals surface area contributed by atoms with Crippen LogP contribution in [-0.2, 0) is 11.3 Å². The van der Waals surface area contributed by atoms with Crippen molar-refractivity contribution in [1.29, 1.82) is 0 Å². The average molecular weight is 229 g/mol. The van der Waals surface area contributed by atoms with Crippen LogP contribution in [0.3, 0.4) is 0 Å². The van der Waals surface area contributed by atoms with Gasteiger partial charge in [-0.25, -0.2) is 0 Å². The molecule has 0 aliphatic carbocycles. The number of halogens is 2. The number of ether oxygens (including phenoxy) is 1. The molecule has 0 aliphatic heterocycles. The van der Waals surface area contributed by atoms with Gasteiger partial charge in [-0.05, 0) is 17.7 Å². The first-order valence-electron chi connectivity index (χ1n) is 4.74. The number of alkyl halides is 2. The third-order valence-electron chi connectivity index (χ3n) is 2.11. The highest BCUT2D eigenvalue weighted by Crippen LogP contribution is 2.15. The van der Waals surface area contributed by atoms with Crippen molar-refractivity contribution in [2.75, 3.05) is 7.05 Å². The standard InChI is InChI=1S/C11H13F2NO2/c1-8(15)14(2)7-9-3-5-10(6-4-9)16-11(12)13/h3-6,11H,7H2,1-2H3. The van der Waals surface area contributed by atoms with E-state index in [1.54, 1.807) is 19.2 Å². The Morgan fingerprint density at radius 1 is 1.38 bits per heavy atom. The number of carbonyl (C=O) groups excluding carboxylic acids is 1. The summed E-state index contributed by atoms with van der Waals surface area (Å²) >= 11 is 0. The lowest BCUT2D eigenvalue weighted by atomic mass is 10.2. The SMILES string of the molecule is CC(=O)N(C)Cc1ccc(OC(F)F)cc1. The third kappa shape index (κ3) is 3.84. The lowest BCUT2D eigenvalue weighted by Gasteiger charge is -2.14. The minimum absolute atomic E-state index is 0.0482. The number of benzene rings is 1. The molecule has 88 valence electrons. The van der Waals surface area contributed by atoms with Crippen LogP contribution in [-0.4, -0.2) is 24.5 Å². The molecule has 0 atom stereocenters. The summed E-state index contributed by atoms with van der Waals surface area (Å²) in [5.74, 6) is 0.0668. The zero-order valence-corrected chi connectivity index (χ0v) is 9.11. The Morgan fingerprint density at radius 2 is 1.94 bits per heavy atom. The first kappa shape index (κ1) is 12.4. The van der Waals surface area contributed by atoms with Crippen LogP contribution in [0.4, 0.5) is 8.78 Å². The van der Waals surface area contributed by atoms with Gasteiger partial charge in [0.05, 0.1) is 0 Å². The van der Waals surface area contributed by atoms with E-state index in [2.05, 4.69) is 4.74 Å². The van der Waals surface area contributed by atoms with E-state index in [0.717, 1.165) is 5.56 Å². The molecular weight excluding hydrogens is 216 g/mol. The number of hydrogen-bond acceptors (Lipinski definition) is 2. The van der Waals surface area contributed by atoms with Gasteiger partial charge in [-0.15, -0.1) is 0 Å². The molecule has 1 aromatic carbocycles. The van der Waals surface area contributed by atoms with Crippen molar-refractivity contribution < 1.29 is 18.3 Å². The predicted octanol–water partition coefficient (Wildman–Crippen LogP) is 2.27. The second kappa shape index (κ2) is 5.44. The number of hydrogen-bond donors (Lipinski definition) is 0. The maximum Gasteiger partial charge on any atom is 0.387 e. The fourth-order valence-corrected chi connectivity index (χ4v) is 1.16. The van der Waals surface area contributed by atoms with Crippen LogP contribution in [0, 0.1) is 0 Å². The van der Waals surface area contributed by atoms with Crippen LogP contribution in [0.1, 0.15) is 12.5 Å². The molecule has 0 heterocycles. The van der Waals surface area contributed by atoms with E-state index >= 15 is 0 Å². The van der Waals surface area contributed by atoms with Gasteiger partial charge in [-0.2, -0.15) is 8.78 Å². The molecule has 0 bridgehead atoms. The normalized spacial score (nSPS) is 10.3. The van der Waals surface area contributed by atoms with Crippen molar-refractivity contribution in [2.45, 2.75) is 20.1 Å². The van der Waals surface area contributed by atoms with Gasteiger partial charge < -0.3 is 9.64 Å². The molecule has 0 fully saturated rings. The van der Waals surface area contributed by atoms with Gasteiger partial charge in [0.2, 0.25) is 5.91 Å². The largest absolute Gasteiger partial charge is 0.435 e. The van der Waals surface area contributed by atoms with Crippen molar-refractivity contribution in [3.63, 3.8) is 0 Å². The van der Waals surface area contributed by atoms with Crippen LogP contribution < -0.4 is 4.74 Å². The molecule has 1 rings (SSSR count). The van der Waals surface area contributed by atoms with Crippen molar-refractivity contribution in [1.82, 2.24) is 4.90 Å². The van der Waals surface area contributed by atoms with Gasteiger partial charge in [0.15, 0.2) is 0 Å². The molecule has 3 nitrogen and oxygen atoms in total. The summed E-state index contributed by atoms with van der Waals surface area (Å²) in [7, 11) is 1.67. The molecule has 0 spiro atoms. The first-order valence-corrected chi connectivity index (χ1v) is 4.74. The molecular formula is C11H13F2NO2. The Balaban J connectivity index is 2.61. The number of carbonyl (C=O) groups is 1. The van der Waals surface area contributed by atoms with E-state index in [0.29, 0.717) is 6.54 Å².